The third kappa shape index (κ3) is 4.46. The molecule has 2 aromatic heterocycles. The fourth-order valence-corrected chi connectivity index (χ4v) is 4.27. The first-order valence-corrected chi connectivity index (χ1v) is 10.6. The molecule has 0 saturated carbocycles. The molecule has 30 heavy (non-hydrogen) atoms. The second-order valence-electron chi connectivity index (χ2n) is 6.00. The minimum Gasteiger partial charge on any atom is -0.444 e. The molecule has 0 saturated heterocycles. The van der Waals surface area contributed by atoms with Crippen molar-refractivity contribution < 1.29 is 18.7 Å². The quantitative estimate of drug-likeness (QED) is 0.159. The molecular formula is C21H12BrClN2O4S. The van der Waals surface area contributed by atoms with Crippen LogP contribution >= 0.6 is 38.9 Å². The summed E-state index contributed by atoms with van der Waals surface area (Å²) < 4.78 is 11.9. The third-order valence-corrected chi connectivity index (χ3v) is 6.07. The molecule has 0 unspecified atom stereocenters. The third-order valence-electron chi connectivity index (χ3n) is 3.99. The molecule has 2 heterocycles. The summed E-state index contributed by atoms with van der Waals surface area (Å²) in [5.41, 5.74) is 3.07. The van der Waals surface area contributed by atoms with Crippen molar-refractivity contribution in [3.63, 3.8) is 0 Å². The van der Waals surface area contributed by atoms with Crippen LogP contribution in [0.2, 0.25) is 5.02 Å². The fraction of sp³-hybridized carbons (Fsp3) is 0. The number of benzene rings is 2. The van der Waals surface area contributed by atoms with E-state index in [1.54, 1.807) is 30.3 Å². The van der Waals surface area contributed by atoms with Crippen LogP contribution in [0.15, 0.2) is 74.9 Å². The molecule has 0 atom stereocenters. The number of carbonyl (C=O) groups is 2. The van der Waals surface area contributed by atoms with Crippen molar-refractivity contribution in [2.75, 3.05) is 0 Å². The zero-order chi connectivity index (χ0) is 21.1. The number of hydrogen-bond acceptors (Lipinski definition) is 6. The van der Waals surface area contributed by atoms with Crippen molar-refractivity contribution in [3.05, 3.63) is 86.6 Å². The van der Waals surface area contributed by atoms with Crippen LogP contribution in [0.5, 0.6) is 5.75 Å². The van der Waals surface area contributed by atoms with Gasteiger partial charge in [-0.15, -0.1) is 11.3 Å². The lowest BCUT2D eigenvalue weighted by Gasteiger charge is -2.03. The molecular weight excluding hydrogens is 492 g/mol. The maximum absolute atomic E-state index is 12.5. The number of amides is 1. The first-order valence-electron chi connectivity index (χ1n) is 8.59. The van der Waals surface area contributed by atoms with Crippen molar-refractivity contribution in [3.8, 4) is 5.75 Å². The Balaban J connectivity index is 1.39. The molecule has 0 fully saturated rings. The SMILES string of the molecule is O=C(N/N=C\c1ccc(OC(=O)c2sc3ccccc3c2Cl)cc1)c1ccc(Br)o1. The van der Waals surface area contributed by atoms with Crippen LogP contribution in [0.3, 0.4) is 0 Å². The number of nitrogens with one attached hydrogen (secondary N) is 1. The Bertz CT molecular complexity index is 1260. The summed E-state index contributed by atoms with van der Waals surface area (Å²) in [6, 6.07) is 17.3. The number of ether oxygens (including phenoxy) is 1. The number of rotatable bonds is 5. The highest BCUT2D eigenvalue weighted by Crippen LogP contribution is 2.35. The maximum Gasteiger partial charge on any atom is 0.355 e. The minimum atomic E-state index is -0.514. The molecule has 1 N–H and O–H groups in total. The smallest absolute Gasteiger partial charge is 0.355 e. The number of hydrazone groups is 1. The van der Waals surface area contributed by atoms with Gasteiger partial charge >= 0.3 is 11.9 Å². The van der Waals surface area contributed by atoms with Gasteiger partial charge in [0.2, 0.25) is 0 Å². The van der Waals surface area contributed by atoms with Crippen molar-refractivity contribution in [1.29, 1.82) is 0 Å². The number of hydrogen-bond donors (Lipinski definition) is 1. The molecule has 1 amide bonds. The van der Waals surface area contributed by atoms with E-state index in [-0.39, 0.29) is 5.76 Å². The summed E-state index contributed by atoms with van der Waals surface area (Å²) in [5, 5.41) is 5.10. The molecule has 0 aliphatic rings. The number of halogens is 2. The maximum atomic E-state index is 12.5. The lowest BCUT2D eigenvalue weighted by atomic mass is 10.2. The first-order chi connectivity index (χ1) is 14.5. The number of nitrogens with zero attached hydrogens (tertiary/aromatic N) is 1. The van der Waals surface area contributed by atoms with E-state index < -0.39 is 11.9 Å². The second kappa shape index (κ2) is 8.83. The van der Waals surface area contributed by atoms with Crippen LogP contribution in [-0.2, 0) is 0 Å². The van der Waals surface area contributed by atoms with Crippen LogP contribution in [0.4, 0.5) is 0 Å². The van der Waals surface area contributed by atoms with E-state index in [4.69, 9.17) is 20.8 Å². The molecule has 6 nitrogen and oxygen atoms in total. The van der Waals surface area contributed by atoms with Crippen LogP contribution in [0, 0.1) is 0 Å². The minimum absolute atomic E-state index is 0.140. The van der Waals surface area contributed by atoms with Gasteiger partial charge in [0.1, 0.15) is 10.6 Å². The van der Waals surface area contributed by atoms with E-state index in [2.05, 4.69) is 26.5 Å². The Morgan fingerprint density at radius 2 is 1.87 bits per heavy atom. The van der Waals surface area contributed by atoms with Gasteiger partial charge < -0.3 is 9.15 Å². The van der Waals surface area contributed by atoms with Crippen LogP contribution < -0.4 is 10.2 Å². The summed E-state index contributed by atoms with van der Waals surface area (Å²) in [6.07, 6.45) is 1.46. The van der Waals surface area contributed by atoms with Gasteiger partial charge in [-0.3, -0.25) is 4.79 Å². The van der Waals surface area contributed by atoms with Crippen LogP contribution in [-0.4, -0.2) is 18.1 Å². The summed E-state index contributed by atoms with van der Waals surface area (Å²) in [4.78, 5) is 24.7. The van der Waals surface area contributed by atoms with Crippen LogP contribution in [0.25, 0.3) is 10.1 Å². The van der Waals surface area contributed by atoms with Gasteiger partial charge in [-0.1, -0.05) is 29.8 Å². The molecule has 0 radical (unpaired) electrons. The number of thiophene rings is 1. The first kappa shape index (κ1) is 20.3. The lowest BCUT2D eigenvalue weighted by Crippen LogP contribution is -2.16. The Morgan fingerprint density at radius 1 is 1.10 bits per heavy atom. The largest absolute Gasteiger partial charge is 0.444 e. The Labute approximate surface area is 188 Å². The van der Waals surface area contributed by atoms with Crippen molar-refractivity contribution in [1.82, 2.24) is 5.43 Å². The van der Waals surface area contributed by atoms with Gasteiger partial charge in [0.05, 0.1) is 11.2 Å². The Kier molecular flexibility index (Phi) is 5.98. The molecule has 4 rings (SSSR count). The molecule has 150 valence electrons. The normalized spacial score (nSPS) is 11.1. The van der Waals surface area contributed by atoms with Crippen LogP contribution in [0.1, 0.15) is 25.8 Å². The average molecular weight is 504 g/mol. The summed E-state index contributed by atoms with van der Waals surface area (Å²) in [6.45, 7) is 0. The van der Waals surface area contributed by atoms with E-state index in [1.165, 1.54) is 23.6 Å². The molecule has 0 aliphatic heterocycles. The standard InChI is InChI=1S/C21H12BrClN2O4S/c22-17-10-9-15(29-17)20(26)25-24-11-12-5-7-13(8-6-12)28-21(27)19-18(23)14-3-1-2-4-16(14)30-19/h1-11H,(H,25,26)/b24-11-. The van der Waals surface area contributed by atoms with Gasteiger partial charge in [0.15, 0.2) is 10.4 Å². The van der Waals surface area contributed by atoms with Crippen molar-refractivity contribution in [2.45, 2.75) is 0 Å². The highest BCUT2D eigenvalue weighted by Gasteiger charge is 2.18. The van der Waals surface area contributed by atoms with Crippen molar-refractivity contribution >= 4 is 67.0 Å². The Hall–Kier alpha value is -2.94. The van der Waals surface area contributed by atoms with Crippen molar-refractivity contribution in [2.24, 2.45) is 5.10 Å². The molecule has 9 heteroatoms. The molecule has 0 aliphatic carbocycles. The number of esters is 1. The zero-order valence-electron chi connectivity index (χ0n) is 15.1. The second-order valence-corrected chi connectivity index (χ2v) is 8.21. The van der Waals surface area contributed by atoms with E-state index in [0.29, 0.717) is 25.9 Å². The summed E-state index contributed by atoms with van der Waals surface area (Å²) >= 11 is 10.7. The summed E-state index contributed by atoms with van der Waals surface area (Å²) in [7, 11) is 0. The monoisotopic (exact) mass is 502 g/mol. The lowest BCUT2D eigenvalue weighted by molar-refractivity contribution is 0.0739. The highest BCUT2D eigenvalue weighted by atomic mass is 79.9. The van der Waals surface area contributed by atoms with Gasteiger partial charge in [0.25, 0.3) is 0 Å². The van der Waals surface area contributed by atoms with Gasteiger partial charge in [-0.05, 0) is 64.0 Å². The molecule has 0 bridgehead atoms. The summed E-state index contributed by atoms with van der Waals surface area (Å²) in [5.74, 6) is -0.474. The number of fused-ring (bicyclic) bond motifs is 1. The van der Waals surface area contributed by atoms with E-state index in [1.807, 2.05) is 24.3 Å². The molecule has 2 aromatic carbocycles. The van der Waals surface area contributed by atoms with E-state index >= 15 is 0 Å². The molecule has 4 aromatic rings. The van der Waals surface area contributed by atoms with Gasteiger partial charge in [-0.25, -0.2) is 10.2 Å². The van der Waals surface area contributed by atoms with E-state index in [9.17, 15) is 9.59 Å². The number of carbonyl (C=O) groups excluding carboxylic acids is 2. The predicted octanol–water partition coefficient (Wildman–Crippen LogP) is 5.89. The predicted molar refractivity (Wildman–Crippen MR) is 120 cm³/mol. The zero-order valence-corrected chi connectivity index (χ0v) is 18.3. The average Bonchev–Trinajstić information content (AvgIpc) is 3.33. The van der Waals surface area contributed by atoms with Gasteiger partial charge in [0, 0.05) is 10.1 Å². The van der Waals surface area contributed by atoms with Gasteiger partial charge in [-0.2, -0.15) is 5.10 Å². The van der Waals surface area contributed by atoms with E-state index in [0.717, 1.165) is 10.1 Å². The molecule has 0 spiro atoms. The topological polar surface area (TPSA) is 80.9 Å². The Morgan fingerprint density at radius 3 is 2.57 bits per heavy atom. The highest BCUT2D eigenvalue weighted by molar-refractivity contribution is 9.10. The fourth-order valence-electron chi connectivity index (χ4n) is 2.58. The number of furan rings is 1.